The summed E-state index contributed by atoms with van der Waals surface area (Å²) < 4.78 is 0. The van der Waals surface area contributed by atoms with Crippen LogP contribution in [-0.4, -0.2) is 15.9 Å². The van der Waals surface area contributed by atoms with Gasteiger partial charge in [-0.3, -0.25) is 14.6 Å². The van der Waals surface area contributed by atoms with Crippen LogP contribution in [0, 0.1) is 13.8 Å². The predicted octanol–water partition coefficient (Wildman–Crippen LogP) is 2.47. The number of fused-ring (bicyclic) bond motifs is 1. The Morgan fingerprint density at radius 2 is 1.96 bits per heavy atom. The van der Waals surface area contributed by atoms with Crippen molar-refractivity contribution >= 4 is 16.8 Å². The Morgan fingerprint density at radius 3 is 2.74 bits per heavy atom. The van der Waals surface area contributed by atoms with Crippen molar-refractivity contribution in [3.63, 3.8) is 0 Å². The average Bonchev–Trinajstić information content (AvgIpc) is 2.54. The second-order valence-corrected chi connectivity index (χ2v) is 5.43. The highest BCUT2D eigenvalue weighted by atomic mass is 16.2. The van der Waals surface area contributed by atoms with Gasteiger partial charge < -0.3 is 10.3 Å². The highest BCUT2D eigenvalue weighted by Crippen LogP contribution is 2.17. The first-order chi connectivity index (χ1) is 11.1. The minimum atomic E-state index is -0.377. The molecule has 0 fully saturated rings. The normalized spacial score (nSPS) is 10.7. The first kappa shape index (κ1) is 15.0. The monoisotopic (exact) mass is 307 g/mol. The molecule has 0 saturated carbocycles. The Bertz CT molecular complexity index is 944. The summed E-state index contributed by atoms with van der Waals surface area (Å²) in [5.74, 6) is -0.377. The maximum atomic E-state index is 12.5. The zero-order chi connectivity index (χ0) is 16.4. The molecule has 2 aromatic heterocycles. The van der Waals surface area contributed by atoms with Gasteiger partial charge in [0.05, 0.1) is 0 Å². The number of amides is 1. The molecule has 2 N–H and O–H groups in total. The summed E-state index contributed by atoms with van der Waals surface area (Å²) in [6.07, 6.45) is 1.71. The van der Waals surface area contributed by atoms with E-state index in [1.807, 2.05) is 43.3 Å². The molecule has 1 amide bonds. The van der Waals surface area contributed by atoms with Crippen molar-refractivity contribution in [2.75, 3.05) is 0 Å². The maximum absolute atomic E-state index is 12.5. The predicted molar refractivity (Wildman–Crippen MR) is 89.4 cm³/mol. The SMILES string of the molecule is Cc1ncccc1CNC(=O)c1c(C)c2ccccc2[nH]c1=O. The quantitative estimate of drug-likeness (QED) is 0.780. The van der Waals surface area contributed by atoms with Crippen LogP contribution in [0.1, 0.15) is 27.2 Å². The fourth-order valence-electron chi connectivity index (χ4n) is 2.65. The molecule has 116 valence electrons. The number of nitrogens with one attached hydrogen (secondary N) is 2. The number of carbonyl (C=O) groups excluding carboxylic acids is 1. The molecule has 0 aliphatic rings. The molecule has 1 aromatic carbocycles. The lowest BCUT2D eigenvalue weighted by atomic mass is 10.0. The average molecular weight is 307 g/mol. The van der Waals surface area contributed by atoms with E-state index in [1.165, 1.54) is 0 Å². The third kappa shape index (κ3) is 2.85. The van der Waals surface area contributed by atoms with Gasteiger partial charge in [0.25, 0.3) is 11.5 Å². The summed E-state index contributed by atoms with van der Waals surface area (Å²) in [5.41, 5.74) is 2.99. The van der Waals surface area contributed by atoms with E-state index in [0.717, 1.165) is 22.2 Å². The Morgan fingerprint density at radius 1 is 1.17 bits per heavy atom. The third-order valence-corrected chi connectivity index (χ3v) is 3.96. The molecule has 0 aliphatic carbocycles. The van der Waals surface area contributed by atoms with Crippen LogP contribution >= 0.6 is 0 Å². The topological polar surface area (TPSA) is 74.8 Å². The third-order valence-electron chi connectivity index (χ3n) is 3.96. The van der Waals surface area contributed by atoms with Gasteiger partial charge in [0.2, 0.25) is 0 Å². The maximum Gasteiger partial charge on any atom is 0.261 e. The molecule has 5 heteroatoms. The van der Waals surface area contributed by atoms with Crippen molar-refractivity contribution in [3.8, 4) is 0 Å². The number of nitrogens with zero attached hydrogens (tertiary/aromatic N) is 1. The van der Waals surface area contributed by atoms with Crippen molar-refractivity contribution in [2.45, 2.75) is 20.4 Å². The standard InChI is InChI=1S/C18H17N3O2/c1-11-14-7-3-4-8-15(14)21-18(23)16(11)17(22)20-10-13-6-5-9-19-12(13)2/h3-9H,10H2,1-2H3,(H,20,22)(H,21,23). The van der Waals surface area contributed by atoms with Gasteiger partial charge in [-0.15, -0.1) is 0 Å². The number of aromatic nitrogens is 2. The first-order valence-corrected chi connectivity index (χ1v) is 7.38. The van der Waals surface area contributed by atoms with Crippen LogP contribution in [0.3, 0.4) is 0 Å². The number of benzene rings is 1. The number of rotatable bonds is 3. The molecule has 2 heterocycles. The molecule has 23 heavy (non-hydrogen) atoms. The Hall–Kier alpha value is -2.95. The van der Waals surface area contributed by atoms with Gasteiger partial charge in [0.15, 0.2) is 0 Å². The first-order valence-electron chi connectivity index (χ1n) is 7.38. The van der Waals surface area contributed by atoms with Crippen LogP contribution in [0.4, 0.5) is 0 Å². The van der Waals surface area contributed by atoms with Gasteiger partial charge in [0, 0.05) is 29.3 Å². The smallest absolute Gasteiger partial charge is 0.261 e. The molecule has 0 atom stereocenters. The van der Waals surface area contributed by atoms with Gasteiger partial charge in [-0.25, -0.2) is 0 Å². The van der Waals surface area contributed by atoms with E-state index in [9.17, 15) is 9.59 Å². The summed E-state index contributed by atoms with van der Waals surface area (Å²) in [6, 6.07) is 11.2. The number of hydrogen-bond donors (Lipinski definition) is 2. The fraction of sp³-hybridized carbons (Fsp3) is 0.167. The number of carbonyl (C=O) groups is 1. The molecular formula is C18H17N3O2. The van der Waals surface area contributed by atoms with Crippen molar-refractivity contribution in [3.05, 3.63) is 75.3 Å². The lowest BCUT2D eigenvalue weighted by Gasteiger charge is -2.10. The molecule has 3 aromatic rings. The van der Waals surface area contributed by atoms with E-state index in [0.29, 0.717) is 12.1 Å². The number of para-hydroxylation sites is 1. The van der Waals surface area contributed by atoms with Gasteiger partial charge in [-0.2, -0.15) is 0 Å². The minimum Gasteiger partial charge on any atom is -0.348 e. The summed E-state index contributed by atoms with van der Waals surface area (Å²) in [5, 5.41) is 3.67. The number of aromatic amines is 1. The molecule has 0 bridgehead atoms. The molecule has 5 nitrogen and oxygen atoms in total. The lowest BCUT2D eigenvalue weighted by Crippen LogP contribution is -2.30. The Balaban J connectivity index is 1.92. The van der Waals surface area contributed by atoms with Gasteiger partial charge >= 0.3 is 0 Å². The molecule has 0 aliphatic heterocycles. The summed E-state index contributed by atoms with van der Waals surface area (Å²) in [6.45, 7) is 4.02. The molecule has 0 radical (unpaired) electrons. The largest absolute Gasteiger partial charge is 0.348 e. The van der Waals surface area contributed by atoms with Crippen molar-refractivity contribution in [1.29, 1.82) is 0 Å². The van der Waals surface area contributed by atoms with Crippen LogP contribution in [0.15, 0.2) is 47.4 Å². The van der Waals surface area contributed by atoms with Crippen LogP contribution in [0.25, 0.3) is 10.9 Å². The number of hydrogen-bond acceptors (Lipinski definition) is 3. The van der Waals surface area contributed by atoms with Crippen LogP contribution in [0.2, 0.25) is 0 Å². The molecule has 0 saturated heterocycles. The van der Waals surface area contributed by atoms with Crippen LogP contribution in [0.5, 0.6) is 0 Å². The van der Waals surface area contributed by atoms with Crippen LogP contribution < -0.4 is 10.9 Å². The summed E-state index contributed by atoms with van der Waals surface area (Å²) >= 11 is 0. The second-order valence-electron chi connectivity index (χ2n) is 5.43. The zero-order valence-electron chi connectivity index (χ0n) is 13.0. The number of pyridine rings is 2. The molecular weight excluding hydrogens is 290 g/mol. The minimum absolute atomic E-state index is 0.158. The fourth-order valence-corrected chi connectivity index (χ4v) is 2.65. The van der Waals surface area contributed by atoms with Crippen LogP contribution in [-0.2, 0) is 6.54 Å². The molecule has 3 rings (SSSR count). The van der Waals surface area contributed by atoms with E-state index in [1.54, 1.807) is 13.1 Å². The second kappa shape index (κ2) is 6.04. The van der Waals surface area contributed by atoms with Crippen molar-refractivity contribution in [1.82, 2.24) is 15.3 Å². The van der Waals surface area contributed by atoms with Crippen molar-refractivity contribution < 1.29 is 4.79 Å². The van der Waals surface area contributed by atoms with E-state index in [4.69, 9.17) is 0 Å². The summed E-state index contributed by atoms with van der Waals surface area (Å²) in [7, 11) is 0. The van der Waals surface area contributed by atoms with Gasteiger partial charge in [0.1, 0.15) is 5.56 Å². The highest BCUT2D eigenvalue weighted by molar-refractivity contribution is 5.99. The van der Waals surface area contributed by atoms with E-state index >= 15 is 0 Å². The zero-order valence-corrected chi connectivity index (χ0v) is 13.0. The lowest BCUT2D eigenvalue weighted by molar-refractivity contribution is 0.0949. The molecule has 0 unspecified atom stereocenters. The number of H-pyrrole nitrogens is 1. The van der Waals surface area contributed by atoms with E-state index < -0.39 is 0 Å². The van der Waals surface area contributed by atoms with Gasteiger partial charge in [-0.05, 0) is 37.1 Å². The molecule has 0 spiro atoms. The van der Waals surface area contributed by atoms with E-state index in [2.05, 4.69) is 15.3 Å². The van der Waals surface area contributed by atoms with Crippen molar-refractivity contribution in [2.24, 2.45) is 0 Å². The summed E-state index contributed by atoms with van der Waals surface area (Å²) in [4.78, 5) is 31.7. The van der Waals surface area contributed by atoms with E-state index in [-0.39, 0.29) is 17.0 Å². The Kier molecular flexibility index (Phi) is 3.93. The number of aryl methyl sites for hydroxylation is 2. The Labute approximate surface area is 133 Å². The van der Waals surface area contributed by atoms with Gasteiger partial charge in [-0.1, -0.05) is 24.3 Å². The highest BCUT2D eigenvalue weighted by Gasteiger charge is 2.16.